The van der Waals surface area contributed by atoms with Crippen LogP contribution in [0, 0.1) is 5.41 Å². The molecule has 0 aliphatic carbocycles. The van der Waals surface area contributed by atoms with E-state index in [9.17, 15) is 9.59 Å². The maximum absolute atomic E-state index is 12.8. The Labute approximate surface area is 130 Å². The fourth-order valence-corrected chi connectivity index (χ4v) is 1.97. The predicted molar refractivity (Wildman–Crippen MR) is 85.3 cm³/mol. The lowest BCUT2D eigenvalue weighted by Crippen LogP contribution is -2.40. The Hall–Kier alpha value is -2.49. The first-order valence-corrected chi connectivity index (χ1v) is 7.20. The second-order valence-corrected chi connectivity index (χ2v) is 6.17. The minimum absolute atomic E-state index is 0.168. The van der Waals surface area contributed by atoms with E-state index >= 15 is 0 Å². The summed E-state index contributed by atoms with van der Waals surface area (Å²) in [4.78, 5) is 29.0. The number of amides is 1. The van der Waals surface area contributed by atoms with Gasteiger partial charge in [0, 0.05) is 23.4 Å². The van der Waals surface area contributed by atoms with Crippen molar-refractivity contribution in [2.75, 3.05) is 0 Å². The predicted octanol–water partition coefficient (Wildman–Crippen LogP) is 3.17. The smallest absolute Gasteiger partial charge is 0.226 e. The van der Waals surface area contributed by atoms with E-state index in [-0.39, 0.29) is 11.7 Å². The van der Waals surface area contributed by atoms with Crippen LogP contribution in [0.25, 0.3) is 0 Å². The number of nitrogens with zero attached hydrogens (tertiary/aromatic N) is 1. The standard InChI is InChI=1S/C18H20N2O2/c1-18(2,3)17(22)20-15(13-8-5-4-6-9-13)16(21)14-10-7-11-19-12-14/h4-12,15H,1-3H3,(H,20,22). The van der Waals surface area contributed by atoms with Gasteiger partial charge in [-0.2, -0.15) is 0 Å². The third-order valence-corrected chi connectivity index (χ3v) is 3.30. The number of aromatic nitrogens is 1. The lowest BCUT2D eigenvalue weighted by atomic mass is 9.92. The number of carbonyl (C=O) groups is 2. The molecule has 2 rings (SSSR count). The van der Waals surface area contributed by atoms with Gasteiger partial charge in [0.05, 0.1) is 0 Å². The highest BCUT2D eigenvalue weighted by molar-refractivity contribution is 6.02. The van der Waals surface area contributed by atoms with E-state index in [0.717, 1.165) is 5.56 Å². The Kier molecular flexibility index (Phi) is 4.71. The van der Waals surface area contributed by atoms with Crippen molar-refractivity contribution in [2.45, 2.75) is 26.8 Å². The molecule has 0 saturated carbocycles. The average molecular weight is 296 g/mol. The van der Waals surface area contributed by atoms with Gasteiger partial charge in [-0.15, -0.1) is 0 Å². The van der Waals surface area contributed by atoms with Crippen molar-refractivity contribution in [3.8, 4) is 0 Å². The third-order valence-electron chi connectivity index (χ3n) is 3.30. The van der Waals surface area contributed by atoms with E-state index in [1.54, 1.807) is 18.3 Å². The molecule has 0 aliphatic heterocycles. The molecule has 0 spiro atoms. The molecule has 0 fully saturated rings. The van der Waals surface area contributed by atoms with Crippen molar-refractivity contribution in [2.24, 2.45) is 5.41 Å². The van der Waals surface area contributed by atoms with Crippen LogP contribution in [0.1, 0.15) is 42.7 Å². The van der Waals surface area contributed by atoms with Gasteiger partial charge in [-0.3, -0.25) is 14.6 Å². The Balaban J connectivity index is 2.34. The molecule has 0 aliphatic rings. The summed E-state index contributed by atoms with van der Waals surface area (Å²) < 4.78 is 0. The first-order chi connectivity index (χ1) is 10.4. The minimum Gasteiger partial charge on any atom is -0.341 e. The lowest BCUT2D eigenvalue weighted by molar-refractivity contribution is -0.129. The van der Waals surface area contributed by atoms with Gasteiger partial charge in [0.25, 0.3) is 0 Å². The molecule has 114 valence electrons. The maximum Gasteiger partial charge on any atom is 0.226 e. The maximum atomic E-state index is 12.8. The molecular weight excluding hydrogens is 276 g/mol. The zero-order valence-electron chi connectivity index (χ0n) is 13.0. The van der Waals surface area contributed by atoms with Crippen molar-refractivity contribution in [1.29, 1.82) is 0 Å². The molecule has 1 atom stereocenters. The van der Waals surface area contributed by atoms with Crippen molar-refractivity contribution < 1.29 is 9.59 Å². The van der Waals surface area contributed by atoms with Gasteiger partial charge in [-0.05, 0) is 17.7 Å². The molecule has 4 nitrogen and oxygen atoms in total. The zero-order chi connectivity index (χ0) is 16.2. The third kappa shape index (κ3) is 3.79. The van der Waals surface area contributed by atoms with Gasteiger partial charge >= 0.3 is 0 Å². The number of rotatable bonds is 4. The fraction of sp³-hybridized carbons (Fsp3) is 0.278. The summed E-state index contributed by atoms with van der Waals surface area (Å²) in [5.41, 5.74) is 0.668. The second kappa shape index (κ2) is 6.52. The van der Waals surface area contributed by atoms with E-state index in [4.69, 9.17) is 0 Å². The molecule has 4 heteroatoms. The highest BCUT2D eigenvalue weighted by Crippen LogP contribution is 2.21. The monoisotopic (exact) mass is 296 g/mol. The zero-order valence-corrected chi connectivity index (χ0v) is 13.0. The Bertz CT molecular complexity index is 646. The molecule has 22 heavy (non-hydrogen) atoms. The normalized spacial score (nSPS) is 12.5. The van der Waals surface area contributed by atoms with Crippen LogP contribution in [-0.2, 0) is 4.79 Å². The molecule has 0 saturated heterocycles. The quantitative estimate of drug-likeness (QED) is 0.882. The summed E-state index contributed by atoms with van der Waals surface area (Å²) in [6.45, 7) is 5.46. The topological polar surface area (TPSA) is 59.1 Å². The van der Waals surface area contributed by atoms with Crippen LogP contribution in [0.3, 0.4) is 0 Å². The molecule has 1 N–H and O–H groups in total. The van der Waals surface area contributed by atoms with Crippen molar-refractivity contribution >= 4 is 11.7 Å². The summed E-state index contributed by atoms with van der Waals surface area (Å²) in [5.74, 6) is -0.338. The summed E-state index contributed by atoms with van der Waals surface area (Å²) in [7, 11) is 0. The Morgan fingerprint density at radius 3 is 2.27 bits per heavy atom. The second-order valence-electron chi connectivity index (χ2n) is 6.17. The van der Waals surface area contributed by atoms with Gasteiger partial charge < -0.3 is 5.32 Å². The number of ketones is 1. The summed E-state index contributed by atoms with van der Waals surface area (Å²) in [6, 6.07) is 11.9. The van der Waals surface area contributed by atoms with Crippen LogP contribution >= 0.6 is 0 Å². The lowest BCUT2D eigenvalue weighted by Gasteiger charge is -2.24. The van der Waals surface area contributed by atoms with Gasteiger partial charge in [-0.25, -0.2) is 0 Å². The summed E-state index contributed by atoms with van der Waals surface area (Å²) in [6.07, 6.45) is 3.13. The minimum atomic E-state index is -0.711. The van der Waals surface area contributed by atoms with E-state index < -0.39 is 11.5 Å². The van der Waals surface area contributed by atoms with Gasteiger partial charge in [0.15, 0.2) is 5.78 Å². The molecule has 2 aromatic rings. The molecule has 0 radical (unpaired) electrons. The van der Waals surface area contributed by atoms with E-state index in [1.807, 2.05) is 51.1 Å². The number of pyridine rings is 1. The average Bonchev–Trinajstić information content (AvgIpc) is 2.52. The number of carbonyl (C=O) groups excluding carboxylic acids is 2. The number of benzene rings is 1. The highest BCUT2D eigenvalue weighted by atomic mass is 16.2. The summed E-state index contributed by atoms with van der Waals surface area (Å²) >= 11 is 0. The van der Waals surface area contributed by atoms with E-state index in [2.05, 4.69) is 10.3 Å². The van der Waals surface area contributed by atoms with Crippen molar-refractivity contribution in [3.63, 3.8) is 0 Å². The number of hydrogen-bond acceptors (Lipinski definition) is 3. The first-order valence-electron chi connectivity index (χ1n) is 7.20. The SMILES string of the molecule is CC(C)(C)C(=O)NC(C(=O)c1cccnc1)c1ccccc1. The van der Waals surface area contributed by atoms with Crippen LogP contribution in [0.15, 0.2) is 54.9 Å². The van der Waals surface area contributed by atoms with Crippen LogP contribution in [0.5, 0.6) is 0 Å². The number of Topliss-reactive ketones (excluding diaryl/α,β-unsaturated/α-hetero) is 1. The summed E-state index contributed by atoms with van der Waals surface area (Å²) in [5, 5.41) is 2.86. The molecule has 1 amide bonds. The molecule has 1 aromatic heterocycles. The van der Waals surface area contributed by atoms with E-state index in [0.29, 0.717) is 5.56 Å². The highest BCUT2D eigenvalue weighted by Gasteiger charge is 2.29. The van der Waals surface area contributed by atoms with Crippen molar-refractivity contribution in [1.82, 2.24) is 10.3 Å². The van der Waals surface area contributed by atoms with Crippen molar-refractivity contribution in [3.05, 3.63) is 66.0 Å². The van der Waals surface area contributed by atoms with E-state index in [1.165, 1.54) is 6.20 Å². The largest absolute Gasteiger partial charge is 0.341 e. The number of hydrogen-bond donors (Lipinski definition) is 1. The molecule has 0 bridgehead atoms. The van der Waals surface area contributed by atoms with Crippen LogP contribution < -0.4 is 5.32 Å². The Morgan fingerprint density at radius 1 is 1.05 bits per heavy atom. The Morgan fingerprint density at radius 2 is 1.73 bits per heavy atom. The van der Waals surface area contributed by atoms with Gasteiger partial charge in [-0.1, -0.05) is 51.1 Å². The molecule has 1 unspecified atom stereocenters. The molecule has 1 heterocycles. The van der Waals surface area contributed by atoms with Crippen LogP contribution in [0.2, 0.25) is 0 Å². The van der Waals surface area contributed by atoms with Crippen LogP contribution in [0.4, 0.5) is 0 Å². The number of nitrogens with one attached hydrogen (secondary N) is 1. The first kappa shape index (κ1) is 15.9. The fourth-order valence-electron chi connectivity index (χ4n) is 1.97. The molecule has 1 aromatic carbocycles. The van der Waals surface area contributed by atoms with Gasteiger partial charge in [0.1, 0.15) is 6.04 Å². The molecular formula is C18H20N2O2. The van der Waals surface area contributed by atoms with Crippen LogP contribution in [-0.4, -0.2) is 16.7 Å². The van der Waals surface area contributed by atoms with Gasteiger partial charge in [0.2, 0.25) is 5.91 Å².